The largest absolute Gasteiger partial charge is 0.487 e. The highest BCUT2D eigenvalue weighted by Gasteiger charge is 2.12. The number of nitrogens with zero attached hydrogens (tertiary/aromatic N) is 3. The lowest BCUT2D eigenvalue weighted by Crippen LogP contribution is -2.10. The molecule has 6 heteroatoms. The summed E-state index contributed by atoms with van der Waals surface area (Å²) in [5, 5.41) is 12.8. The van der Waals surface area contributed by atoms with Crippen molar-refractivity contribution in [3.05, 3.63) is 36.3 Å². The van der Waals surface area contributed by atoms with E-state index >= 15 is 0 Å². The summed E-state index contributed by atoms with van der Waals surface area (Å²) >= 11 is 0. The van der Waals surface area contributed by atoms with E-state index in [1.807, 2.05) is 13.8 Å². The van der Waals surface area contributed by atoms with E-state index in [0.29, 0.717) is 11.6 Å². The molecule has 0 atom stereocenters. The molecule has 0 fully saturated rings. The summed E-state index contributed by atoms with van der Waals surface area (Å²) in [7, 11) is 0. The molecule has 2 heterocycles. The highest BCUT2D eigenvalue weighted by Crippen LogP contribution is 2.20. The van der Waals surface area contributed by atoms with E-state index in [9.17, 15) is 4.79 Å². The normalized spacial score (nSPS) is 10.6. The minimum atomic E-state index is -1.07. The zero-order chi connectivity index (χ0) is 13.1. The number of pyridine rings is 1. The SMILES string of the molecule is CC(C)Oc1cccnc1-n1ccc(C(=O)O)n1. The molecule has 0 aliphatic heterocycles. The summed E-state index contributed by atoms with van der Waals surface area (Å²) in [4.78, 5) is 14.9. The molecule has 0 spiro atoms. The summed E-state index contributed by atoms with van der Waals surface area (Å²) in [6.45, 7) is 3.81. The molecule has 0 aliphatic rings. The third-order valence-corrected chi connectivity index (χ3v) is 2.14. The monoisotopic (exact) mass is 247 g/mol. The van der Waals surface area contributed by atoms with Gasteiger partial charge in [0.05, 0.1) is 6.10 Å². The minimum Gasteiger partial charge on any atom is -0.487 e. The third kappa shape index (κ3) is 2.48. The Kier molecular flexibility index (Phi) is 3.27. The van der Waals surface area contributed by atoms with Gasteiger partial charge in [0.25, 0.3) is 0 Å². The van der Waals surface area contributed by atoms with Gasteiger partial charge in [0.1, 0.15) is 0 Å². The molecule has 0 bridgehead atoms. The molecule has 1 N–H and O–H groups in total. The molecule has 94 valence electrons. The molecule has 0 aliphatic carbocycles. The van der Waals surface area contributed by atoms with Crippen LogP contribution in [0.3, 0.4) is 0 Å². The highest BCUT2D eigenvalue weighted by molar-refractivity contribution is 5.85. The predicted octanol–water partition coefficient (Wildman–Crippen LogP) is 1.75. The lowest BCUT2D eigenvalue weighted by Gasteiger charge is -2.12. The molecule has 2 aromatic rings. The zero-order valence-electron chi connectivity index (χ0n) is 10.1. The van der Waals surface area contributed by atoms with Crippen LogP contribution in [0.2, 0.25) is 0 Å². The second-order valence-electron chi connectivity index (χ2n) is 3.94. The summed E-state index contributed by atoms with van der Waals surface area (Å²) in [5.74, 6) is -0.0396. The van der Waals surface area contributed by atoms with E-state index in [2.05, 4.69) is 10.1 Å². The van der Waals surface area contributed by atoms with Gasteiger partial charge in [-0.3, -0.25) is 0 Å². The summed E-state index contributed by atoms with van der Waals surface area (Å²) in [6, 6.07) is 4.93. The Morgan fingerprint density at radius 1 is 1.44 bits per heavy atom. The van der Waals surface area contributed by atoms with Crippen molar-refractivity contribution in [3.8, 4) is 11.6 Å². The van der Waals surface area contributed by atoms with Crippen molar-refractivity contribution in [3.63, 3.8) is 0 Å². The average molecular weight is 247 g/mol. The second-order valence-corrected chi connectivity index (χ2v) is 3.94. The van der Waals surface area contributed by atoms with Crippen LogP contribution in [0.5, 0.6) is 5.75 Å². The van der Waals surface area contributed by atoms with Crippen molar-refractivity contribution < 1.29 is 14.6 Å². The predicted molar refractivity (Wildman–Crippen MR) is 64.1 cm³/mol. The molecule has 0 radical (unpaired) electrons. The molecular formula is C12H13N3O3. The number of rotatable bonds is 4. The Morgan fingerprint density at radius 3 is 2.83 bits per heavy atom. The summed E-state index contributed by atoms with van der Waals surface area (Å²) < 4.78 is 6.99. The Hall–Kier alpha value is -2.37. The van der Waals surface area contributed by atoms with Crippen LogP contribution in [0.4, 0.5) is 0 Å². The van der Waals surface area contributed by atoms with Gasteiger partial charge >= 0.3 is 5.97 Å². The molecule has 0 aromatic carbocycles. The van der Waals surface area contributed by atoms with Gasteiger partial charge in [-0.1, -0.05) is 0 Å². The number of carboxylic acid groups (broad SMARTS) is 1. The Bertz CT molecular complexity index is 563. The van der Waals surface area contributed by atoms with E-state index in [4.69, 9.17) is 9.84 Å². The second kappa shape index (κ2) is 4.87. The van der Waals surface area contributed by atoms with Crippen LogP contribution in [0.25, 0.3) is 5.82 Å². The molecule has 0 amide bonds. The Balaban J connectivity index is 2.39. The topological polar surface area (TPSA) is 77.2 Å². The lowest BCUT2D eigenvalue weighted by atomic mass is 10.4. The van der Waals surface area contributed by atoms with Gasteiger partial charge < -0.3 is 9.84 Å². The van der Waals surface area contributed by atoms with E-state index in [1.54, 1.807) is 24.5 Å². The van der Waals surface area contributed by atoms with Crippen LogP contribution in [0.15, 0.2) is 30.6 Å². The number of carbonyl (C=O) groups is 1. The van der Waals surface area contributed by atoms with Gasteiger partial charge in [0.15, 0.2) is 17.3 Å². The quantitative estimate of drug-likeness (QED) is 0.890. The number of aromatic nitrogens is 3. The van der Waals surface area contributed by atoms with Crippen molar-refractivity contribution in [1.82, 2.24) is 14.8 Å². The van der Waals surface area contributed by atoms with E-state index in [-0.39, 0.29) is 11.8 Å². The van der Waals surface area contributed by atoms with Crippen LogP contribution in [-0.4, -0.2) is 31.9 Å². The summed E-state index contributed by atoms with van der Waals surface area (Å²) in [5.41, 5.74) is -0.0313. The number of hydrogen-bond acceptors (Lipinski definition) is 4. The van der Waals surface area contributed by atoms with Gasteiger partial charge in [0.2, 0.25) is 0 Å². The molecular weight excluding hydrogens is 234 g/mol. The smallest absolute Gasteiger partial charge is 0.356 e. The maximum Gasteiger partial charge on any atom is 0.356 e. The fraction of sp³-hybridized carbons (Fsp3) is 0.250. The fourth-order valence-corrected chi connectivity index (χ4v) is 1.46. The van der Waals surface area contributed by atoms with Crippen molar-refractivity contribution in [2.24, 2.45) is 0 Å². The lowest BCUT2D eigenvalue weighted by molar-refractivity contribution is 0.0690. The van der Waals surface area contributed by atoms with Crippen molar-refractivity contribution >= 4 is 5.97 Å². The molecule has 2 aromatic heterocycles. The Labute approximate surface area is 104 Å². The number of aromatic carboxylic acids is 1. The first-order valence-corrected chi connectivity index (χ1v) is 5.49. The first-order valence-electron chi connectivity index (χ1n) is 5.49. The molecule has 0 saturated carbocycles. The molecule has 0 saturated heterocycles. The van der Waals surface area contributed by atoms with Crippen LogP contribution >= 0.6 is 0 Å². The first kappa shape index (κ1) is 12.1. The van der Waals surface area contributed by atoms with Gasteiger partial charge in [-0.15, -0.1) is 0 Å². The molecule has 18 heavy (non-hydrogen) atoms. The van der Waals surface area contributed by atoms with E-state index in [0.717, 1.165) is 0 Å². The maximum atomic E-state index is 10.8. The average Bonchev–Trinajstić information content (AvgIpc) is 2.78. The van der Waals surface area contributed by atoms with Crippen LogP contribution in [0.1, 0.15) is 24.3 Å². The van der Waals surface area contributed by atoms with Gasteiger partial charge in [-0.2, -0.15) is 5.10 Å². The van der Waals surface area contributed by atoms with Crippen LogP contribution in [0, 0.1) is 0 Å². The maximum absolute atomic E-state index is 10.8. The standard InChI is InChI=1S/C12H13N3O3/c1-8(2)18-10-4-3-6-13-11(10)15-7-5-9(14-15)12(16)17/h3-8H,1-2H3,(H,16,17). The van der Waals surface area contributed by atoms with Gasteiger partial charge in [-0.05, 0) is 32.0 Å². The van der Waals surface area contributed by atoms with Crippen molar-refractivity contribution in [2.45, 2.75) is 20.0 Å². The molecule has 0 unspecified atom stereocenters. The molecule has 6 nitrogen and oxygen atoms in total. The zero-order valence-corrected chi connectivity index (χ0v) is 10.1. The van der Waals surface area contributed by atoms with E-state index in [1.165, 1.54) is 10.7 Å². The minimum absolute atomic E-state index is 0.00227. The molecule has 2 rings (SSSR count). The Morgan fingerprint density at radius 2 is 2.22 bits per heavy atom. The van der Waals surface area contributed by atoms with Crippen LogP contribution < -0.4 is 4.74 Å². The van der Waals surface area contributed by atoms with Gasteiger partial charge in [-0.25, -0.2) is 14.5 Å². The third-order valence-electron chi connectivity index (χ3n) is 2.14. The number of hydrogen-bond donors (Lipinski definition) is 1. The van der Waals surface area contributed by atoms with Crippen LogP contribution in [-0.2, 0) is 0 Å². The fourth-order valence-electron chi connectivity index (χ4n) is 1.46. The first-order chi connectivity index (χ1) is 8.58. The van der Waals surface area contributed by atoms with Crippen molar-refractivity contribution in [2.75, 3.05) is 0 Å². The number of ether oxygens (including phenoxy) is 1. The number of carboxylic acids is 1. The van der Waals surface area contributed by atoms with E-state index < -0.39 is 5.97 Å². The highest BCUT2D eigenvalue weighted by atomic mass is 16.5. The summed E-state index contributed by atoms with van der Waals surface area (Å²) in [6.07, 6.45) is 3.14. The van der Waals surface area contributed by atoms with Gasteiger partial charge in [0, 0.05) is 12.4 Å². The van der Waals surface area contributed by atoms with Crippen molar-refractivity contribution in [1.29, 1.82) is 0 Å².